The monoisotopic (exact) mass is 330 g/mol. The van der Waals surface area contributed by atoms with E-state index in [0.29, 0.717) is 0 Å². The number of H-pyrrole nitrogens is 1. The van der Waals surface area contributed by atoms with Crippen molar-refractivity contribution >= 4 is 28.4 Å². The average molecular weight is 331 g/mol. The van der Waals surface area contributed by atoms with Crippen LogP contribution < -0.4 is 0 Å². The number of carbonyl (C=O) groups excluding carboxylic acids is 1. The van der Waals surface area contributed by atoms with Crippen molar-refractivity contribution in [2.24, 2.45) is 5.92 Å². The highest BCUT2D eigenvalue weighted by atomic mass is 35.5. The molecule has 0 aliphatic heterocycles. The minimum Gasteiger partial charge on any atom is -0.345 e. The van der Waals surface area contributed by atoms with E-state index in [4.69, 9.17) is 11.6 Å². The number of carbonyl (C=O) groups is 1. The Morgan fingerprint density at radius 2 is 1.76 bits per heavy atom. The molecule has 21 heavy (non-hydrogen) atoms. The molecular weight excluding hydrogens is 326 g/mol. The highest BCUT2D eigenvalue weighted by Gasteiger charge is 2.61. The number of hydrogen-bond donors (Lipinski definition) is 1. The number of aromatic amines is 1. The maximum Gasteiger partial charge on any atom is 0.407 e. The van der Waals surface area contributed by atoms with Crippen molar-refractivity contribution in [1.29, 1.82) is 0 Å². The van der Waals surface area contributed by atoms with Crippen molar-refractivity contribution in [3.63, 3.8) is 0 Å². The van der Waals surface area contributed by atoms with Gasteiger partial charge in [-0.3, -0.25) is 4.79 Å². The summed E-state index contributed by atoms with van der Waals surface area (Å²) in [5.74, 6) is -6.24. The topological polar surface area (TPSA) is 45.8 Å². The lowest BCUT2D eigenvalue weighted by molar-refractivity contribution is -0.264. The van der Waals surface area contributed by atoms with Crippen molar-refractivity contribution in [3.8, 4) is 0 Å². The van der Waals surface area contributed by atoms with Crippen molar-refractivity contribution in [1.82, 2.24) is 9.97 Å². The Balaban J connectivity index is 2.60. The molecule has 0 unspecified atom stereocenters. The second-order valence-corrected chi connectivity index (χ2v) is 4.51. The van der Waals surface area contributed by atoms with Crippen LogP contribution in [0, 0.1) is 5.92 Å². The van der Waals surface area contributed by atoms with Gasteiger partial charge in [-0.2, -0.15) is 26.3 Å². The number of hydrogen-bond acceptors (Lipinski definition) is 2. The van der Waals surface area contributed by atoms with Crippen molar-refractivity contribution in [2.75, 3.05) is 0 Å². The SMILES string of the molecule is O=C(c1c[nH]c2nccc(Cl)c12)C(C(F)(F)F)C(F)(F)F. The van der Waals surface area contributed by atoms with Gasteiger partial charge in [0.2, 0.25) is 5.92 Å². The number of fused-ring (bicyclic) bond motifs is 1. The molecule has 1 N–H and O–H groups in total. The minimum atomic E-state index is -5.76. The zero-order valence-corrected chi connectivity index (χ0v) is 10.6. The van der Waals surface area contributed by atoms with Gasteiger partial charge in [0.05, 0.1) is 5.02 Å². The van der Waals surface area contributed by atoms with E-state index in [9.17, 15) is 31.1 Å². The van der Waals surface area contributed by atoms with Crippen LogP contribution in [0.15, 0.2) is 18.5 Å². The molecule has 0 atom stereocenters. The zero-order chi connectivity index (χ0) is 16.0. The molecule has 0 aliphatic carbocycles. The molecule has 0 bridgehead atoms. The highest BCUT2D eigenvalue weighted by Crippen LogP contribution is 2.42. The molecular formula is C11H5ClF6N2O. The standard InChI is InChI=1S/C11H5ClF6N2O/c12-5-1-2-19-9-6(5)4(3-20-9)7(21)8(10(13,14)15)11(16,17)18/h1-3,8H,(H,19,20). The Hall–Kier alpha value is -1.77. The van der Waals surface area contributed by atoms with E-state index < -0.39 is 29.6 Å². The lowest BCUT2D eigenvalue weighted by Gasteiger charge is -2.21. The first-order chi connectivity index (χ1) is 9.53. The molecule has 0 aliphatic rings. The van der Waals surface area contributed by atoms with Crippen LogP contribution in [0.1, 0.15) is 10.4 Å². The first-order valence-electron chi connectivity index (χ1n) is 5.32. The van der Waals surface area contributed by atoms with E-state index in [2.05, 4.69) is 9.97 Å². The number of nitrogens with one attached hydrogen (secondary N) is 1. The van der Waals surface area contributed by atoms with Crippen LogP contribution in [0.25, 0.3) is 11.0 Å². The van der Waals surface area contributed by atoms with Crippen LogP contribution in [-0.4, -0.2) is 28.1 Å². The van der Waals surface area contributed by atoms with Gasteiger partial charge in [-0.1, -0.05) is 11.6 Å². The summed E-state index contributed by atoms with van der Waals surface area (Å²) in [6.07, 6.45) is -9.59. The van der Waals surface area contributed by atoms with Crippen molar-refractivity contribution in [3.05, 3.63) is 29.0 Å². The summed E-state index contributed by atoms with van der Waals surface area (Å²) in [6, 6.07) is 1.16. The molecule has 0 saturated carbocycles. The van der Waals surface area contributed by atoms with Crippen LogP contribution in [0.2, 0.25) is 5.02 Å². The Kier molecular flexibility index (Phi) is 3.64. The third-order valence-corrected chi connectivity index (χ3v) is 3.02. The van der Waals surface area contributed by atoms with E-state index in [1.165, 1.54) is 6.20 Å². The molecule has 2 heterocycles. The second-order valence-electron chi connectivity index (χ2n) is 4.10. The summed E-state index contributed by atoms with van der Waals surface area (Å²) in [5.41, 5.74) is -0.878. The van der Waals surface area contributed by atoms with Gasteiger partial charge in [0, 0.05) is 23.3 Å². The maximum atomic E-state index is 12.6. The average Bonchev–Trinajstić information content (AvgIpc) is 2.69. The van der Waals surface area contributed by atoms with Gasteiger partial charge in [0.1, 0.15) is 5.65 Å². The fraction of sp³-hybridized carbons (Fsp3) is 0.273. The number of nitrogens with zero attached hydrogens (tertiary/aromatic N) is 1. The van der Waals surface area contributed by atoms with Gasteiger partial charge in [-0.25, -0.2) is 4.98 Å². The molecule has 2 aromatic rings. The molecule has 2 aromatic heterocycles. The maximum absolute atomic E-state index is 12.6. The van der Waals surface area contributed by atoms with Gasteiger partial charge in [-0.05, 0) is 6.07 Å². The number of alkyl halides is 6. The number of Topliss-reactive ketones (excluding diaryl/α,β-unsaturated/α-hetero) is 1. The predicted molar refractivity (Wildman–Crippen MR) is 61.0 cm³/mol. The molecule has 0 aromatic carbocycles. The van der Waals surface area contributed by atoms with E-state index >= 15 is 0 Å². The first kappa shape index (κ1) is 15.6. The second kappa shape index (κ2) is 4.90. The van der Waals surface area contributed by atoms with E-state index in [0.717, 1.165) is 12.3 Å². The largest absolute Gasteiger partial charge is 0.407 e. The quantitative estimate of drug-likeness (QED) is 0.664. The summed E-state index contributed by atoms with van der Waals surface area (Å²) < 4.78 is 75.4. The zero-order valence-electron chi connectivity index (χ0n) is 9.81. The van der Waals surface area contributed by atoms with E-state index in [-0.39, 0.29) is 16.1 Å². The van der Waals surface area contributed by atoms with Gasteiger partial charge >= 0.3 is 12.4 Å². The molecule has 3 nitrogen and oxygen atoms in total. The van der Waals surface area contributed by atoms with Gasteiger partial charge in [0.15, 0.2) is 5.78 Å². The van der Waals surface area contributed by atoms with Crippen LogP contribution in [0.4, 0.5) is 26.3 Å². The number of halogens is 7. The van der Waals surface area contributed by atoms with Gasteiger partial charge in [-0.15, -0.1) is 0 Å². The minimum absolute atomic E-state index is 0.0750. The van der Waals surface area contributed by atoms with Crippen LogP contribution >= 0.6 is 11.6 Å². The molecule has 0 spiro atoms. The van der Waals surface area contributed by atoms with Gasteiger partial charge < -0.3 is 4.98 Å². The highest BCUT2D eigenvalue weighted by molar-refractivity contribution is 6.36. The first-order valence-corrected chi connectivity index (χ1v) is 5.70. The molecule has 0 radical (unpaired) electrons. The van der Waals surface area contributed by atoms with Crippen LogP contribution in [-0.2, 0) is 0 Å². The Labute approximate surface area is 117 Å². The fourth-order valence-electron chi connectivity index (χ4n) is 1.85. The summed E-state index contributed by atoms with van der Waals surface area (Å²) in [5, 5.41) is -0.449. The smallest absolute Gasteiger partial charge is 0.345 e. The summed E-state index contributed by atoms with van der Waals surface area (Å²) >= 11 is 5.71. The molecule has 2 rings (SSSR count). The van der Waals surface area contributed by atoms with E-state index in [1.54, 1.807) is 0 Å². The van der Waals surface area contributed by atoms with Gasteiger partial charge in [0.25, 0.3) is 0 Å². The summed E-state index contributed by atoms with van der Waals surface area (Å²) in [4.78, 5) is 17.7. The normalized spacial score (nSPS) is 13.1. The number of aromatic nitrogens is 2. The number of ketones is 1. The molecule has 10 heteroatoms. The number of rotatable bonds is 2. The third-order valence-electron chi connectivity index (χ3n) is 2.70. The summed E-state index contributed by atoms with van der Waals surface area (Å²) in [7, 11) is 0. The van der Waals surface area contributed by atoms with E-state index in [1.807, 2.05) is 0 Å². The Morgan fingerprint density at radius 1 is 1.19 bits per heavy atom. The van der Waals surface area contributed by atoms with Crippen molar-refractivity contribution < 1.29 is 31.1 Å². The lowest BCUT2D eigenvalue weighted by atomic mass is 9.96. The predicted octanol–water partition coefficient (Wildman–Crippen LogP) is 4.14. The molecule has 114 valence electrons. The van der Waals surface area contributed by atoms with Crippen molar-refractivity contribution in [2.45, 2.75) is 12.4 Å². The van der Waals surface area contributed by atoms with Crippen LogP contribution in [0.5, 0.6) is 0 Å². The Bertz CT molecular complexity index is 676. The van der Waals surface area contributed by atoms with Crippen LogP contribution in [0.3, 0.4) is 0 Å². The third kappa shape index (κ3) is 2.82. The Morgan fingerprint density at radius 3 is 2.29 bits per heavy atom. The number of pyridine rings is 1. The lowest BCUT2D eigenvalue weighted by Crippen LogP contribution is -2.42. The summed E-state index contributed by atoms with van der Waals surface area (Å²) in [6.45, 7) is 0. The fourth-order valence-corrected chi connectivity index (χ4v) is 2.10. The molecule has 0 amide bonds. The molecule has 0 saturated heterocycles. The molecule has 0 fully saturated rings.